The van der Waals surface area contributed by atoms with Gasteiger partial charge in [-0.2, -0.15) is 0 Å². The molecule has 0 spiro atoms. The van der Waals surface area contributed by atoms with Crippen molar-refractivity contribution < 1.29 is 4.74 Å². The van der Waals surface area contributed by atoms with Gasteiger partial charge in [-0.1, -0.05) is 221 Å². The van der Waals surface area contributed by atoms with Crippen LogP contribution in [0.15, 0.2) is 249 Å². The lowest BCUT2D eigenvalue weighted by atomic mass is 9.34. The molecule has 15 rings (SSSR count). The van der Waals surface area contributed by atoms with Crippen molar-refractivity contribution in [2.24, 2.45) is 5.41 Å². The van der Waals surface area contributed by atoms with E-state index < -0.39 is 0 Å². The summed E-state index contributed by atoms with van der Waals surface area (Å²) in [4.78, 5) is 2.67. The van der Waals surface area contributed by atoms with Crippen LogP contribution in [0.2, 0.25) is 0 Å². The van der Waals surface area contributed by atoms with Gasteiger partial charge in [0, 0.05) is 17.9 Å². The Morgan fingerprint density at radius 1 is 0.385 bits per heavy atom. The van der Waals surface area contributed by atoms with Crippen molar-refractivity contribution >= 4 is 77.6 Å². The predicted molar refractivity (Wildman–Crippen MR) is 333 cm³/mol. The highest BCUT2D eigenvalue weighted by molar-refractivity contribution is 6.99. The Hall–Kier alpha value is -9.18. The Kier molecular flexibility index (Phi) is 10.8. The minimum atomic E-state index is -0.0502. The van der Waals surface area contributed by atoms with Crippen LogP contribution in [0.5, 0.6) is 11.5 Å². The minimum Gasteiger partial charge on any atom is -0.458 e. The number of hydrogen-bond acceptors (Lipinski definition) is 2. The smallest absolute Gasteiger partial charge is 0.256 e. The first-order valence-corrected chi connectivity index (χ1v) is 27.7. The van der Waals surface area contributed by atoms with Crippen molar-refractivity contribution in [3.05, 3.63) is 260 Å². The van der Waals surface area contributed by atoms with Crippen molar-refractivity contribution in [1.82, 2.24) is 0 Å². The van der Waals surface area contributed by atoms with Gasteiger partial charge < -0.3 is 9.64 Å². The summed E-state index contributed by atoms with van der Waals surface area (Å²) in [5, 5.41) is 10.4. The largest absolute Gasteiger partial charge is 0.458 e. The zero-order chi connectivity index (χ0) is 52.1. The van der Waals surface area contributed by atoms with E-state index in [0.29, 0.717) is 0 Å². The quantitative estimate of drug-likeness (QED) is 0.0812. The normalized spacial score (nSPS) is 12.8. The average molecular weight is 998 g/mol. The highest BCUT2D eigenvalue weighted by Crippen LogP contribution is 2.46. The van der Waals surface area contributed by atoms with Gasteiger partial charge in [0.2, 0.25) is 0 Å². The fraction of sp³-hybridized carbons (Fsp3) is 0.0933. The third-order valence-corrected chi connectivity index (χ3v) is 16.7. The number of anilines is 2. The van der Waals surface area contributed by atoms with Crippen molar-refractivity contribution in [3.63, 3.8) is 0 Å². The molecular weight excluding hydrogens is 942 g/mol. The van der Waals surface area contributed by atoms with Crippen LogP contribution in [0.3, 0.4) is 0 Å². The molecule has 0 fully saturated rings. The van der Waals surface area contributed by atoms with E-state index >= 15 is 0 Å². The molecule has 2 heterocycles. The van der Waals surface area contributed by atoms with Crippen molar-refractivity contribution in [2.45, 2.75) is 33.6 Å². The number of ether oxygens (including phenoxy) is 1. The molecule has 0 aromatic heterocycles. The van der Waals surface area contributed by atoms with Crippen LogP contribution in [-0.2, 0) is 12.8 Å². The van der Waals surface area contributed by atoms with Crippen LogP contribution in [0.4, 0.5) is 11.4 Å². The van der Waals surface area contributed by atoms with Gasteiger partial charge in [-0.15, -0.1) is 0 Å². The van der Waals surface area contributed by atoms with Gasteiger partial charge in [0.25, 0.3) is 6.71 Å². The van der Waals surface area contributed by atoms with E-state index in [2.05, 4.69) is 274 Å². The zero-order valence-corrected chi connectivity index (χ0v) is 44.2. The summed E-state index contributed by atoms with van der Waals surface area (Å²) in [5.74, 6) is 1.88. The van der Waals surface area contributed by atoms with Crippen LogP contribution in [0.1, 0.15) is 31.9 Å². The van der Waals surface area contributed by atoms with Gasteiger partial charge in [-0.25, -0.2) is 0 Å². The van der Waals surface area contributed by atoms with E-state index in [1.165, 1.54) is 138 Å². The monoisotopic (exact) mass is 997 g/mol. The van der Waals surface area contributed by atoms with Crippen molar-refractivity contribution in [1.29, 1.82) is 0 Å². The summed E-state index contributed by atoms with van der Waals surface area (Å²) in [6.45, 7) is 7.72. The molecule has 13 aromatic rings. The molecule has 0 aliphatic carbocycles. The molecule has 78 heavy (non-hydrogen) atoms. The first-order chi connectivity index (χ1) is 38.3. The lowest BCUT2D eigenvalue weighted by Gasteiger charge is -2.41. The zero-order valence-electron chi connectivity index (χ0n) is 44.2. The van der Waals surface area contributed by atoms with Gasteiger partial charge in [0.1, 0.15) is 11.5 Å². The Labute approximate surface area is 457 Å². The number of nitrogens with zero attached hydrogens (tertiary/aromatic N) is 1. The highest BCUT2D eigenvalue weighted by atomic mass is 16.5. The second kappa shape index (κ2) is 18.3. The van der Waals surface area contributed by atoms with E-state index in [9.17, 15) is 0 Å². The molecule has 0 radical (unpaired) electrons. The molecule has 370 valence electrons. The maximum Gasteiger partial charge on any atom is 0.256 e. The molecule has 2 aliphatic heterocycles. The van der Waals surface area contributed by atoms with Gasteiger partial charge in [0.05, 0.1) is 0 Å². The summed E-state index contributed by atoms with van der Waals surface area (Å²) in [6.07, 6.45) is 1.70. The molecule has 0 saturated carbocycles. The summed E-state index contributed by atoms with van der Waals surface area (Å²) in [5.41, 5.74) is 21.0. The molecule has 13 aromatic carbocycles. The molecule has 2 nitrogen and oxygen atoms in total. The lowest BCUT2D eigenvalue weighted by Crippen LogP contribution is -2.60. The van der Waals surface area contributed by atoms with Crippen LogP contribution in [0, 0.1) is 5.41 Å². The molecule has 0 amide bonds. The first-order valence-electron chi connectivity index (χ1n) is 27.7. The van der Waals surface area contributed by atoms with Gasteiger partial charge in [-0.3, -0.25) is 0 Å². The summed E-state index contributed by atoms with van der Waals surface area (Å²) in [7, 11) is 0. The maximum atomic E-state index is 7.20. The Morgan fingerprint density at radius 3 is 1.55 bits per heavy atom. The first kappa shape index (κ1) is 46.2. The number of rotatable bonds is 9. The van der Waals surface area contributed by atoms with Gasteiger partial charge in [0.15, 0.2) is 0 Å². The molecule has 3 heteroatoms. The molecule has 0 saturated heterocycles. The van der Waals surface area contributed by atoms with E-state index in [1.54, 1.807) is 0 Å². The molecular formula is C75H56BNO. The summed E-state index contributed by atoms with van der Waals surface area (Å²) < 4.78 is 7.20. The van der Waals surface area contributed by atoms with Crippen molar-refractivity contribution in [3.8, 4) is 67.1 Å². The van der Waals surface area contributed by atoms with Crippen LogP contribution in [0.25, 0.3) is 98.7 Å². The summed E-state index contributed by atoms with van der Waals surface area (Å²) >= 11 is 0. The second-order valence-electron chi connectivity index (χ2n) is 22.9. The average Bonchev–Trinajstić information content (AvgIpc) is 3.68. The standard InChI is InChI=1S/C75H56BNO/c1-75(2,3)47-48-39-69-74-71(40-48)78-70-36-34-54(49-19-8-4-9-20-49)45-67(70)76(74)66-35-33-55(57-41-56-29-18-31-61-60-30-16-27-53-28-17-32-62(72(53)60)65(44-57)73(56)61)46-68(66)77(69)38-37-59-63(51-23-12-6-13-24-51)42-58(50-21-10-5-11-22-50)43-64(59)52-25-14-7-15-26-52/h4-36,39-46H,37-38,47H2,1-3H3. The van der Waals surface area contributed by atoms with E-state index in [1.807, 2.05) is 0 Å². The van der Waals surface area contributed by atoms with E-state index in [-0.39, 0.29) is 12.1 Å². The molecule has 0 atom stereocenters. The minimum absolute atomic E-state index is 0.0502. The molecule has 0 N–H and O–H groups in total. The maximum absolute atomic E-state index is 7.20. The molecule has 0 bridgehead atoms. The highest BCUT2D eigenvalue weighted by Gasteiger charge is 2.42. The Bertz CT molecular complexity index is 4400. The van der Waals surface area contributed by atoms with Gasteiger partial charge in [-0.05, 0) is 193 Å². The summed E-state index contributed by atoms with van der Waals surface area (Å²) in [6, 6.07) is 92.9. The lowest BCUT2D eigenvalue weighted by molar-refractivity contribution is 0.410. The van der Waals surface area contributed by atoms with E-state index in [0.717, 1.165) is 30.9 Å². The number of hydrogen-bond donors (Lipinski definition) is 0. The number of fused-ring (bicyclic) bond motifs is 6. The van der Waals surface area contributed by atoms with Gasteiger partial charge >= 0.3 is 0 Å². The fourth-order valence-corrected chi connectivity index (χ4v) is 13.4. The number of benzene rings is 13. The van der Waals surface area contributed by atoms with Crippen LogP contribution >= 0.6 is 0 Å². The van der Waals surface area contributed by atoms with Crippen molar-refractivity contribution in [2.75, 3.05) is 11.4 Å². The Balaban J connectivity index is 0.969. The third-order valence-electron chi connectivity index (χ3n) is 16.7. The topological polar surface area (TPSA) is 12.5 Å². The fourth-order valence-electron chi connectivity index (χ4n) is 13.4. The van der Waals surface area contributed by atoms with Crippen LogP contribution < -0.4 is 26.0 Å². The Morgan fingerprint density at radius 2 is 0.923 bits per heavy atom. The van der Waals surface area contributed by atoms with Crippen LogP contribution in [-0.4, -0.2) is 13.3 Å². The third kappa shape index (κ3) is 7.79. The van der Waals surface area contributed by atoms with E-state index in [4.69, 9.17) is 4.74 Å². The molecule has 0 unspecified atom stereocenters. The SMILES string of the molecule is CC(C)(C)Cc1cc2c3c(c1)N(CCc1c(-c4ccccc4)cc(-c4ccccc4)cc1-c1ccccc1)c1cc(-c4cc5cccc6c7cccc8cccc(c(c4)c56)c87)ccc1B3c1cc(-c3ccccc3)ccc1O2. The molecule has 2 aliphatic rings. The predicted octanol–water partition coefficient (Wildman–Crippen LogP) is 18.0. The second-order valence-corrected chi connectivity index (χ2v) is 22.9.